The number of ether oxygens (including phenoxy) is 2. The van der Waals surface area contributed by atoms with E-state index in [1.54, 1.807) is 31.6 Å². The Kier molecular flexibility index (Phi) is 5.04. The van der Waals surface area contributed by atoms with Crippen LogP contribution < -0.4 is 10.1 Å². The van der Waals surface area contributed by atoms with Gasteiger partial charge in [-0.05, 0) is 37.7 Å². The van der Waals surface area contributed by atoms with Crippen LogP contribution in [0.1, 0.15) is 25.5 Å². The van der Waals surface area contributed by atoms with E-state index < -0.39 is 0 Å². The van der Waals surface area contributed by atoms with Crippen molar-refractivity contribution >= 4 is 34.4 Å². The van der Waals surface area contributed by atoms with E-state index in [4.69, 9.17) is 9.47 Å². The predicted molar refractivity (Wildman–Crippen MR) is 104 cm³/mol. The molecule has 0 spiro atoms. The molecule has 1 aliphatic heterocycles. The first kappa shape index (κ1) is 17.9. The van der Waals surface area contributed by atoms with Gasteiger partial charge in [-0.3, -0.25) is 4.57 Å². The summed E-state index contributed by atoms with van der Waals surface area (Å²) < 4.78 is 13.1. The van der Waals surface area contributed by atoms with Gasteiger partial charge in [0.15, 0.2) is 22.1 Å². The van der Waals surface area contributed by atoms with E-state index in [0.29, 0.717) is 33.6 Å². The molecule has 2 N–H and O–H groups in total. The second-order valence-electron chi connectivity index (χ2n) is 6.21. The lowest BCUT2D eigenvalue weighted by atomic mass is 10.2. The van der Waals surface area contributed by atoms with Gasteiger partial charge in [0, 0.05) is 12.7 Å². The molecule has 1 aliphatic rings. The van der Waals surface area contributed by atoms with Crippen LogP contribution in [0.25, 0.3) is 11.2 Å². The Morgan fingerprint density at radius 3 is 2.96 bits per heavy atom. The summed E-state index contributed by atoms with van der Waals surface area (Å²) in [6.45, 7) is 0.744. The Labute approximate surface area is 160 Å². The summed E-state index contributed by atoms with van der Waals surface area (Å²) in [6, 6.07) is 4.98. The second kappa shape index (κ2) is 7.61. The molecule has 1 atom stereocenters. The number of phenols is 1. The van der Waals surface area contributed by atoms with Crippen molar-refractivity contribution in [2.24, 2.45) is 0 Å². The summed E-state index contributed by atoms with van der Waals surface area (Å²) in [5, 5.41) is 14.0. The summed E-state index contributed by atoms with van der Waals surface area (Å²) in [7, 11) is 1.58. The summed E-state index contributed by atoms with van der Waals surface area (Å²) in [5.41, 5.74) is 1.83. The van der Waals surface area contributed by atoms with Gasteiger partial charge in [-0.25, -0.2) is 15.0 Å². The fraction of sp³-hybridized carbons (Fsp3) is 0.389. The highest BCUT2D eigenvalue weighted by molar-refractivity contribution is 7.98. The van der Waals surface area contributed by atoms with E-state index >= 15 is 0 Å². The van der Waals surface area contributed by atoms with Crippen molar-refractivity contribution in [3.8, 4) is 11.5 Å². The number of fused-ring (bicyclic) bond motifs is 1. The minimum absolute atomic E-state index is 0.0635. The molecule has 27 heavy (non-hydrogen) atoms. The van der Waals surface area contributed by atoms with Crippen molar-refractivity contribution in [1.82, 2.24) is 19.5 Å². The summed E-state index contributed by atoms with van der Waals surface area (Å²) in [5.74, 6) is 1.26. The summed E-state index contributed by atoms with van der Waals surface area (Å²) in [4.78, 5) is 13.7. The van der Waals surface area contributed by atoms with E-state index in [2.05, 4.69) is 20.3 Å². The molecule has 2 aromatic heterocycles. The molecule has 1 aromatic carbocycles. The minimum atomic E-state index is -0.0635. The van der Waals surface area contributed by atoms with E-state index in [1.165, 1.54) is 11.8 Å². The average Bonchev–Trinajstić information content (AvgIpc) is 3.14. The summed E-state index contributed by atoms with van der Waals surface area (Å²) >= 11 is 1.45. The Morgan fingerprint density at radius 1 is 1.33 bits per heavy atom. The first-order chi connectivity index (χ1) is 13.2. The molecule has 4 rings (SSSR count). The first-order valence-corrected chi connectivity index (χ1v) is 9.96. The molecule has 0 radical (unpaired) electrons. The zero-order chi connectivity index (χ0) is 18.8. The van der Waals surface area contributed by atoms with Crippen molar-refractivity contribution in [2.45, 2.75) is 30.6 Å². The summed E-state index contributed by atoms with van der Waals surface area (Å²) in [6.07, 6.45) is 6.74. The zero-order valence-electron chi connectivity index (χ0n) is 15.2. The molecule has 0 amide bonds. The number of rotatable bonds is 5. The molecule has 8 nitrogen and oxygen atoms in total. The molecule has 0 bridgehead atoms. The van der Waals surface area contributed by atoms with E-state index in [9.17, 15) is 5.11 Å². The Hall–Kier alpha value is -2.52. The van der Waals surface area contributed by atoms with Gasteiger partial charge in [0.1, 0.15) is 17.7 Å². The van der Waals surface area contributed by atoms with Crippen molar-refractivity contribution in [3.63, 3.8) is 0 Å². The number of aromatic hydroxyl groups is 1. The van der Waals surface area contributed by atoms with Crippen molar-refractivity contribution in [1.29, 1.82) is 0 Å². The number of nitrogens with zero attached hydrogens (tertiary/aromatic N) is 4. The molecule has 3 aromatic rings. The third-order valence-electron chi connectivity index (χ3n) is 4.51. The topological polar surface area (TPSA) is 94.3 Å². The molecular weight excluding hydrogens is 366 g/mol. The van der Waals surface area contributed by atoms with Crippen LogP contribution in [0.3, 0.4) is 0 Å². The van der Waals surface area contributed by atoms with Gasteiger partial charge in [-0.15, -0.1) is 0 Å². The number of aromatic nitrogens is 4. The van der Waals surface area contributed by atoms with Crippen LogP contribution in [-0.4, -0.2) is 44.6 Å². The number of methoxy groups -OCH3 is 1. The average molecular weight is 387 g/mol. The van der Waals surface area contributed by atoms with Gasteiger partial charge in [0.05, 0.1) is 19.1 Å². The number of anilines is 2. The lowest BCUT2D eigenvalue weighted by Crippen LogP contribution is -2.17. The highest BCUT2D eigenvalue weighted by atomic mass is 32.2. The highest BCUT2D eigenvalue weighted by Gasteiger charge is 2.21. The van der Waals surface area contributed by atoms with Crippen LogP contribution in [-0.2, 0) is 4.74 Å². The largest absolute Gasteiger partial charge is 0.506 e. The quantitative estimate of drug-likeness (QED) is 0.389. The van der Waals surface area contributed by atoms with Crippen LogP contribution in [0.4, 0.5) is 11.5 Å². The lowest BCUT2D eigenvalue weighted by molar-refractivity contribution is -0.0298. The predicted octanol–water partition coefficient (Wildman–Crippen LogP) is 3.71. The van der Waals surface area contributed by atoms with Gasteiger partial charge in [0.2, 0.25) is 0 Å². The third kappa shape index (κ3) is 3.52. The van der Waals surface area contributed by atoms with Crippen LogP contribution in [0, 0.1) is 0 Å². The molecule has 1 saturated heterocycles. The monoisotopic (exact) mass is 387 g/mol. The van der Waals surface area contributed by atoms with Gasteiger partial charge < -0.3 is 19.9 Å². The van der Waals surface area contributed by atoms with Crippen molar-refractivity contribution in [3.05, 3.63) is 24.5 Å². The maximum atomic E-state index is 10.2. The number of hydrogen-bond donors (Lipinski definition) is 2. The van der Waals surface area contributed by atoms with Crippen LogP contribution in [0.5, 0.6) is 11.5 Å². The normalized spacial score (nSPS) is 17.2. The second-order valence-corrected chi connectivity index (χ2v) is 6.99. The van der Waals surface area contributed by atoms with Gasteiger partial charge >= 0.3 is 0 Å². The van der Waals surface area contributed by atoms with E-state index in [-0.39, 0.29) is 12.0 Å². The zero-order valence-corrected chi connectivity index (χ0v) is 16.0. The number of benzene rings is 1. The van der Waals surface area contributed by atoms with Gasteiger partial charge in [-0.2, -0.15) is 0 Å². The standard InChI is InChI=1S/C18H21N5O3S/c1-25-11-6-7-13(24)12(9-11)20-16-15-17(22-18(21-16)27-2)23(10-19-15)14-5-3-4-8-26-14/h6-7,9-10,14,24H,3-5,8H2,1-2H3,(H,20,21,22). The molecule has 1 unspecified atom stereocenters. The molecule has 0 saturated carbocycles. The Morgan fingerprint density at radius 2 is 2.22 bits per heavy atom. The number of imidazole rings is 1. The maximum Gasteiger partial charge on any atom is 0.191 e. The van der Waals surface area contributed by atoms with Gasteiger partial charge in [-0.1, -0.05) is 11.8 Å². The Bertz CT molecular complexity index is 956. The fourth-order valence-corrected chi connectivity index (χ4v) is 3.46. The number of thioether (sulfide) groups is 1. The lowest BCUT2D eigenvalue weighted by Gasteiger charge is -2.23. The molecule has 9 heteroatoms. The molecule has 142 valence electrons. The molecule has 1 fully saturated rings. The van der Waals surface area contributed by atoms with Gasteiger partial charge in [0.25, 0.3) is 0 Å². The number of phenolic OH excluding ortho intramolecular Hbond substituents is 1. The Balaban J connectivity index is 1.77. The first-order valence-electron chi connectivity index (χ1n) is 8.74. The smallest absolute Gasteiger partial charge is 0.191 e. The van der Waals surface area contributed by atoms with Crippen molar-refractivity contribution < 1.29 is 14.6 Å². The molecule has 0 aliphatic carbocycles. The minimum Gasteiger partial charge on any atom is -0.506 e. The van der Waals surface area contributed by atoms with Crippen LogP contribution >= 0.6 is 11.8 Å². The molecule has 3 heterocycles. The molecular formula is C18H21N5O3S. The third-order valence-corrected chi connectivity index (χ3v) is 5.05. The number of hydrogen-bond acceptors (Lipinski definition) is 8. The maximum absolute atomic E-state index is 10.2. The van der Waals surface area contributed by atoms with Crippen LogP contribution in [0.2, 0.25) is 0 Å². The highest BCUT2D eigenvalue weighted by Crippen LogP contribution is 2.34. The van der Waals surface area contributed by atoms with E-state index in [1.807, 2.05) is 10.8 Å². The SMILES string of the molecule is COc1ccc(O)c(Nc2nc(SC)nc3c2ncn3C2CCCCO2)c1. The van der Waals surface area contributed by atoms with Crippen molar-refractivity contribution in [2.75, 3.05) is 25.3 Å². The van der Waals surface area contributed by atoms with E-state index in [0.717, 1.165) is 25.9 Å². The number of nitrogens with one attached hydrogen (secondary N) is 1. The fourth-order valence-electron chi connectivity index (χ4n) is 3.10. The van der Waals surface area contributed by atoms with Crippen LogP contribution in [0.15, 0.2) is 29.7 Å².